The molecule has 1 fully saturated rings. The third kappa shape index (κ3) is 3.60. The van der Waals surface area contributed by atoms with Gasteiger partial charge < -0.3 is 15.2 Å². The highest BCUT2D eigenvalue weighted by Gasteiger charge is 2.40. The summed E-state index contributed by atoms with van der Waals surface area (Å²) in [5, 5.41) is 11.5. The molecule has 2 heterocycles. The summed E-state index contributed by atoms with van der Waals surface area (Å²) in [4.78, 5) is 27.9. The van der Waals surface area contributed by atoms with E-state index in [4.69, 9.17) is 9.84 Å². The van der Waals surface area contributed by atoms with Gasteiger partial charge in [-0.25, -0.2) is 14.2 Å². The molecule has 114 valence electrons. The molecule has 7 nitrogen and oxygen atoms in total. The number of alkyl halides is 1. The van der Waals surface area contributed by atoms with Crippen molar-refractivity contribution in [3.63, 3.8) is 0 Å². The molecule has 2 N–H and O–H groups in total. The standard InChI is InChI=1S/C12H13BrFN3O4/c1-21-7-3-9(13)15-10(4-7)16-11(18)8-2-6(14)5-17(8)12(19)20/h3-4,6,8H,2,5H2,1H3,(H,19,20)(H,15,16,18)/t6-,8+/m1/s1. The van der Waals surface area contributed by atoms with Gasteiger partial charge in [0, 0.05) is 18.6 Å². The second-order valence-corrected chi connectivity index (χ2v) is 5.30. The van der Waals surface area contributed by atoms with Gasteiger partial charge in [0.05, 0.1) is 13.7 Å². The highest BCUT2D eigenvalue weighted by atomic mass is 79.9. The first-order chi connectivity index (χ1) is 9.90. The molecular weight excluding hydrogens is 349 g/mol. The third-order valence-electron chi connectivity index (χ3n) is 3.05. The molecule has 1 aliphatic heterocycles. The Morgan fingerprint density at radius 3 is 2.90 bits per heavy atom. The van der Waals surface area contributed by atoms with Gasteiger partial charge in [0.2, 0.25) is 5.91 Å². The molecule has 0 saturated carbocycles. The number of carboxylic acid groups (broad SMARTS) is 1. The van der Waals surface area contributed by atoms with E-state index in [-0.39, 0.29) is 18.8 Å². The first-order valence-electron chi connectivity index (χ1n) is 6.06. The Hall–Kier alpha value is -1.90. The molecule has 0 unspecified atom stereocenters. The van der Waals surface area contributed by atoms with Crippen LogP contribution in [0.5, 0.6) is 5.75 Å². The Morgan fingerprint density at radius 1 is 1.57 bits per heavy atom. The Bertz CT molecular complexity index is 571. The van der Waals surface area contributed by atoms with Crippen molar-refractivity contribution in [2.24, 2.45) is 0 Å². The SMILES string of the molecule is COc1cc(Br)nc(NC(=O)[C@@H]2C[C@@H](F)CN2C(=O)O)c1. The number of ether oxygens (including phenoxy) is 1. The van der Waals surface area contributed by atoms with Gasteiger partial charge in [-0.2, -0.15) is 0 Å². The van der Waals surface area contributed by atoms with E-state index in [0.29, 0.717) is 10.4 Å². The van der Waals surface area contributed by atoms with E-state index >= 15 is 0 Å². The van der Waals surface area contributed by atoms with Gasteiger partial charge in [-0.05, 0) is 15.9 Å². The molecule has 2 amide bonds. The van der Waals surface area contributed by atoms with Gasteiger partial charge >= 0.3 is 6.09 Å². The van der Waals surface area contributed by atoms with E-state index in [1.807, 2.05) is 0 Å². The van der Waals surface area contributed by atoms with Crippen molar-refractivity contribution < 1.29 is 23.8 Å². The number of aromatic nitrogens is 1. The average molecular weight is 362 g/mol. The maximum absolute atomic E-state index is 13.3. The molecular formula is C12H13BrFN3O4. The summed E-state index contributed by atoms with van der Waals surface area (Å²) in [7, 11) is 1.46. The minimum Gasteiger partial charge on any atom is -0.497 e. The van der Waals surface area contributed by atoms with Crippen molar-refractivity contribution in [3.05, 3.63) is 16.7 Å². The smallest absolute Gasteiger partial charge is 0.408 e. The monoisotopic (exact) mass is 361 g/mol. The van der Waals surface area contributed by atoms with Crippen LogP contribution >= 0.6 is 15.9 Å². The lowest BCUT2D eigenvalue weighted by molar-refractivity contribution is -0.120. The lowest BCUT2D eigenvalue weighted by Crippen LogP contribution is -2.42. The first-order valence-corrected chi connectivity index (χ1v) is 6.86. The molecule has 1 aromatic heterocycles. The summed E-state index contributed by atoms with van der Waals surface area (Å²) in [6, 6.07) is 2.02. The minimum atomic E-state index is -1.35. The average Bonchev–Trinajstić information content (AvgIpc) is 2.80. The Kier molecular flexibility index (Phi) is 4.61. The summed E-state index contributed by atoms with van der Waals surface area (Å²) in [5.41, 5.74) is 0. The van der Waals surface area contributed by atoms with E-state index < -0.39 is 24.2 Å². The quantitative estimate of drug-likeness (QED) is 0.802. The zero-order valence-electron chi connectivity index (χ0n) is 11.0. The van der Waals surface area contributed by atoms with Gasteiger partial charge in [-0.15, -0.1) is 0 Å². The van der Waals surface area contributed by atoms with E-state index in [1.54, 1.807) is 6.07 Å². The zero-order valence-corrected chi connectivity index (χ0v) is 12.6. The number of pyridine rings is 1. The second kappa shape index (κ2) is 6.25. The van der Waals surface area contributed by atoms with Crippen LogP contribution in [-0.4, -0.2) is 52.9 Å². The molecule has 1 aromatic rings. The zero-order chi connectivity index (χ0) is 15.6. The highest BCUT2D eigenvalue weighted by molar-refractivity contribution is 9.10. The molecule has 9 heteroatoms. The molecule has 0 radical (unpaired) electrons. The fraction of sp³-hybridized carbons (Fsp3) is 0.417. The Morgan fingerprint density at radius 2 is 2.29 bits per heavy atom. The van der Waals surface area contributed by atoms with Crippen molar-refractivity contribution in [2.75, 3.05) is 19.0 Å². The predicted octanol–water partition coefficient (Wildman–Crippen LogP) is 1.88. The van der Waals surface area contributed by atoms with Crippen LogP contribution in [0, 0.1) is 0 Å². The number of rotatable bonds is 3. The number of hydrogen-bond donors (Lipinski definition) is 2. The van der Waals surface area contributed by atoms with Crippen molar-refractivity contribution >= 4 is 33.7 Å². The molecule has 1 aliphatic rings. The van der Waals surface area contributed by atoms with Gasteiger partial charge in [0.1, 0.15) is 28.4 Å². The summed E-state index contributed by atoms with van der Waals surface area (Å²) < 4.78 is 18.8. The van der Waals surface area contributed by atoms with Crippen LogP contribution in [0.4, 0.5) is 15.0 Å². The van der Waals surface area contributed by atoms with Crippen LogP contribution in [0.15, 0.2) is 16.7 Å². The second-order valence-electron chi connectivity index (χ2n) is 4.49. The normalized spacial score (nSPS) is 21.2. The van der Waals surface area contributed by atoms with Crippen molar-refractivity contribution in [1.29, 1.82) is 0 Å². The Balaban J connectivity index is 2.14. The van der Waals surface area contributed by atoms with Crippen molar-refractivity contribution in [1.82, 2.24) is 9.88 Å². The summed E-state index contributed by atoms with van der Waals surface area (Å²) in [6.07, 6.45) is -2.83. The molecule has 0 aromatic carbocycles. The Labute approximate surface area is 128 Å². The fourth-order valence-corrected chi connectivity index (χ4v) is 2.53. The molecule has 0 spiro atoms. The van der Waals surface area contributed by atoms with Crippen LogP contribution < -0.4 is 10.1 Å². The number of nitrogens with one attached hydrogen (secondary N) is 1. The van der Waals surface area contributed by atoms with Crippen LogP contribution in [-0.2, 0) is 4.79 Å². The number of amides is 2. The highest BCUT2D eigenvalue weighted by Crippen LogP contribution is 2.24. The van der Waals surface area contributed by atoms with Crippen molar-refractivity contribution in [2.45, 2.75) is 18.6 Å². The number of anilines is 1. The van der Waals surface area contributed by atoms with E-state index in [2.05, 4.69) is 26.2 Å². The van der Waals surface area contributed by atoms with Crippen LogP contribution in [0.1, 0.15) is 6.42 Å². The number of carbonyl (C=O) groups excluding carboxylic acids is 1. The molecule has 2 rings (SSSR count). The number of halogens is 2. The summed E-state index contributed by atoms with van der Waals surface area (Å²) >= 11 is 3.16. The lowest BCUT2D eigenvalue weighted by Gasteiger charge is -2.20. The minimum absolute atomic E-state index is 0.163. The summed E-state index contributed by atoms with van der Waals surface area (Å²) in [6.45, 7) is -0.303. The first kappa shape index (κ1) is 15.5. The van der Waals surface area contributed by atoms with Gasteiger partial charge in [-0.3, -0.25) is 9.69 Å². The molecule has 21 heavy (non-hydrogen) atoms. The van der Waals surface area contributed by atoms with E-state index in [9.17, 15) is 14.0 Å². The molecule has 0 aliphatic carbocycles. The van der Waals surface area contributed by atoms with E-state index in [0.717, 1.165) is 4.90 Å². The number of nitrogens with zero attached hydrogens (tertiary/aromatic N) is 2. The number of likely N-dealkylation sites (tertiary alicyclic amines) is 1. The maximum Gasteiger partial charge on any atom is 0.408 e. The van der Waals surface area contributed by atoms with Crippen LogP contribution in [0.25, 0.3) is 0 Å². The van der Waals surface area contributed by atoms with Crippen LogP contribution in [0.3, 0.4) is 0 Å². The number of hydrogen-bond acceptors (Lipinski definition) is 4. The lowest BCUT2D eigenvalue weighted by atomic mass is 10.2. The summed E-state index contributed by atoms with van der Waals surface area (Å²) in [5.74, 6) is 0.0427. The van der Waals surface area contributed by atoms with Crippen molar-refractivity contribution in [3.8, 4) is 5.75 Å². The number of methoxy groups -OCH3 is 1. The van der Waals surface area contributed by atoms with Gasteiger partial charge in [0.25, 0.3) is 0 Å². The van der Waals surface area contributed by atoms with Gasteiger partial charge in [-0.1, -0.05) is 0 Å². The fourth-order valence-electron chi connectivity index (χ4n) is 2.11. The van der Waals surface area contributed by atoms with Crippen LogP contribution in [0.2, 0.25) is 0 Å². The molecule has 2 atom stereocenters. The van der Waals surface area contributed by atoms with Gasteiger partial charge in [0.15, 0.2) is 0 Å². The largest absolute Gasteiger partial charge is 0.497 e. The maximum atomic E-state index is 13.3. The van der Waals surface area contributed by atoms with E-state index in [1.165, 1.54) is 13.2 Å². The topological polar surface area (TPSA) is 91.8 Å². The predicted molar refractivity (Wildman–Crippen MR) is 75.2 cm³/mol. The molecule has 1 saturated heterocycles. The molecule has 0 bridgehead atoms. The third-order valence-corrected chi connectivity index (χ3v) is 3.46. The number of carbonyl (C=O) groups is 2.